The van der Waals surface area contributed by atoms with Crippen molar-refractivity contribution in [3.63, 3.8) is 0 Å². The van der Waals surface area contributed by atoms with Crippen molar-refractivity contribution in [3.8, 4) is 0 Å². The van der Waals surface area contributed by atoms with E-state index >= 15 is 0 Å². The molecule has 0 aliphatic heterocycles. The van der Waals surface area contributed by atoms with Crippen LogP contribution in [0.15, 0.2) is 30.3 Å². The van der Waals surface area contributed by atoms with Crippen molar-refractivity contribution in [2.45, 2.75) is 38.3 Å². The number of aryl methyl sites for hydroxylation is 1. The van der Waals surface area contributed by atoms with Crippen LogP contribution in [0.5, 0.6) is 0 Å². The van der Waals surface area contributed by atoms with E-state index in [1.54, 1.807) is 6.04 Å². The molecule has 0 nitrogen and oxygen atoms in total. The minimum atomic E-state index is 0.256. The summed E-state index contributed by atoms with van der Waals surface area (Å²) in [5.74, 6) is 0. The highest BCUT2D eigenvalue weighted by atomic mass is 28.2. The Morgan fingerprint density at radius 3 is 2.54 bits per heavy atom. The third-order valence-electron chi connectivity index (χ3n) is 2.41. The van der Waals surface area contributed by atoms with Crippen molar-refractivity contribution < 1.29 is 0 Å². The maximum atomic E-state index is 2.28. The van der Waals surface area contributed by atoms with Crippen molar-refractivity contribution >= 4 is 9.52 Å². The molecule has 0 aliphatic carbocycles. The maximum absolute atomic E-state index is 2.28. The molecule has 0 heterocycles. The van der Waals surface area contributed by atoms with Crippen molar-refractivity contribution in [2.24, 2.45) is 0 Å². The highest BCUT2D eigenvalue weighted by Gasteiger charge is 1.92. The smallest absolute Gasteiger partial charge is 0.0201 e. The quantitative estimate of drug-likeness (QED) is 0.480. The first-order chi connectivity index (χ1) is 6.43. The molecule has 1 heteroatoms. The van der Waals surface area contributed by atoms with Gasteiger partial charge in [-0.3, -0.25) is 0 Å². The van der Waals surface area contributed by atoms with Gasteiger partial charge >= 0.3 is 0 Å². The van der Waals surface area contributed by atoms with Crippen molar-refractivity contribution in [2.75, 3.05) is 0 Å². The van der Waals surface area contributed by atoms with E-state index in [9.17, 15) is 0 Å². The molecule has 0 radical (unpaired) electrons. The van der Waals surface area contributed by atoms with Gasteiger partial charge < -0.3 is 0 Å². The fraction of sp³-hybridized carbons (Fsp3) is 0.500. The Kier molecular flexibility index (Phi) is 5.58. The van der Waals surface area contributed by atoms with Crippen LogP contribution in [0.2, 0.25) is 12.1 Å². The molecule has 0 saturated heterocycles. The molecule has 0 N–H and O–H groups in total. The average Bonchev–Trinajstić information content (AvgIpc) is 2.19. The van der Waals surface area contributed by atoms with Crippen LogP contribution in [0.25, 0.3) is 0 Å². The summed E-state index contributed by atoms with van der Waals surface area (Å²) in [5, 5.41) is 0. The summed E-state index contributed by atoms with van der Waals surface area (Å²) in [6, 6.07) is 13.9. The molecule has 1 aromatic rings. The summed E-state index contributed by atoms with van der Waals surface area (Å²) in [6.45, 7) is 2.28. The Bertz CT molecular complexity index is 206. The first-order valence-corrected chi connectivity index (χ1v) is 7.47. The molecule has 0 bridgehead atoms. The van der Waals surface area contributed by atoms with Gasteiger partial charge in [0.05, 0.1) is 0 Å². The molecule has 1 rings (SSSR count). The van der Waals surface area contributed by atoms with Crippen LogP contribution in [-0.4, -0.2) is 9.52 Å². The number of hydrogen-bond donors (Lipinski definition) is 0. The first kappa shape index (κ1) is 10.5. The zero-order valence-electron chi connectivity index (χ0n) is 8.63. The van der Waals surface area contributed by atoms with E-state index < -0.39 is 0 Å². The molecule has 1 aromatic carbocycles. The lowest BCUT2D eigenvalue weighted by Gasteiger charge is -1.99. The van der Waals surface area contributed by atoms with Crippen molar-refractivity contribution in [1.29, 1.82) is 0 Å². The summed E-state index contributed by atoms with van der Waals surface area (Å²) in [6.07, 6.45) is 4.15. The molecule has 0 aromatic heterocycles. The lowest BCUT2D eigenvalue weighted by Crippen LogP contribution is -1.92. The second-order valence-corrected chi connectivity index (χ2v) is 5.77. The molecule has 0 saturated carbocycles. The van der Waals surface area contributed by atoms with Crippen LogP contribution in [-0.2, 0) is 6.42 Å². The van der Waals surface area contributed by atoms with E-state index in [0.717, 1.165) is 0 Å². The van der Waals surface area contributed by atoms with E-state index in [4.69, 9.17) is 0 Å². The molecular weight excluding hydrogens is 172 g/mol. The number of benzene rings is 1. The van der Waals surface area contributed by atoms with Gasteiger partial charge in [0.1, 0.15) is 0 Å². The maximum Gasteiger partial charge on any atom is 0.0201 e. The van der Waals surface area contributed by atoms with Crippen molar-refractivity contribution in [3.05, 3.63) is 35.9 Å². The summed E-state index contributed by atoms with van der Waals surface area (Å²) in [5.41, 5.74) is 1.52. The molecule has 0 spiro atoms. The molecule has 0 aliphatic rings. The predicted molar refractivity (Wildman–Crippen MR) is 63.2 cm³/mol. The number of rotatable bonds is 6. The van der Waals surface area contributed by atoms with Gasteiger partial charge in [0.2, 0.25) is 0 Å². The second-order valence-electron chi connectivity index (χ2n) is 3.65. The summed E-state index contributed by atoms with van der Waals surface area (Å²) in [7, 11) is 0.256. The zero-order chi connectivity index (χ0) is 9.36. The van der Waals surface area contributed by atoms with Crippen LogP contribution in [0.1, 0.15) is 25.3 Å². The fourth-order valence-corrected chi connectivity index (χ4v) is 3.44. The standard InChI is InChI=1S/C12H20Si/c1-2-3-10-13-11-9-12-7-5-4-6-8-12/h4-8H,2-3,9-11,13H2,1H3. The van der Waals surface area contributed by atoms with Gasteiger partial charge in [0.15, 0.2) is 0 Å². The summed E-state index contributed by atoms with van der Waals surface area (Å²) in [4.78, 5) is 0. The van der Waals surface area contributed by atoms with Gasteiger partial charge in [-0.1, -0.05) is 62.2 Å². The third kappa shape index (κ3) is 4.89. The SMILES string of the molecule is CCCC[SiH2]CCc1ccccc1. The fourth-order valence-electron chi connectivity index (χ4n) is 1.58. The monoisotopic (exact) mass is 192 g/mol. The van der Waals surface area contributed by atoms with Crippen LogP contribution in [0.3, 0.4) is 0 Å². The van der Waals surface area contributed by atoms with Crippen LogP contribution < -0.4 is 0 Å². The van der Waals surface area contributed by atoms with Gasteiger partial charge in [-0.05, 0) is 12.0 Å². The molecule has 0 unspecified atom stereocenters. The highest BCUT2D eigenvalue weighted by molar-refractivity contribution is 6.35. The Morgan fingerprint density at radius 2 is 1.85 bits per heavy atom. The largest absolute Gasteiger partial charge is 0.0654 e. The van der Waals surface area contributed by atoms with E-state index in [0.29, 0.717) is 0 Å². The minimum absolute atomic E-state index is 0.256. The predicted octanol–water partition coefficient (Wildman–Crippen LogP) is 3.03. The molecule has 0 amide bonds. The topological polar surface area (TPSA) is 0 Å². The minimum Gasteiger partial charge on any atom is -0.0654 e. The number of hydrogen-bond acceptors (Lipinski definition) is 0. The lowest BCUT2D eigenvalue weighted by molar-refractivity contribution is 0.875. The molecule has 72 valence electrons. The molecular formula is C12H20Si. The Labute approximate surface area is 84.2 Å². The average molecular weight is 192 g/mol. The van der Waals surface area contributed by atoms with Gasteiger partial charge in [0, 0.05) is 9.52 Å². The third-order valence-corrected chi connectivity index (χ3v) is 4.27. The summed E-state index contributed by atoms with van der Waals surface area (Å²) < 4.78 is 0. The highest BCUT2D eigenvalue weighted by Crippen LogP contribution is 2.04. The van der Waals surface area contributed by atoms with Gasteiger partial charge in [-0.25, -0.2) is 0 Å². The Morgan fingerprint density at radius 1 is 1.08 bits per heavy atom. The first-order valence-electron chi connectivity index (χ1n) is 5.47. The lowest BCUT2D eigenvalue weighted by atomic mass is 10.2. The van der Waals surface area contributed by atoms with Crippen LogP contribution in [0, 0.1) is 0 Å². The van der Waals surface area contributed by atoms with E-state index in [-0.39, 0.29) is 9.52 Å². The molecule has 0 fully saturated rings. The van der Waals surface area contributed by atoms with Crippen LogP contribution in [0.4, 0.5) is 0 Å². The second kappa shape index (κ2) is 6.90. The van der Waals surface area contributed by atoms with Crippen molar-refractivity contribution in [1.82, 2.24) is 0 Å². The Balaban J connectivity index is 2.07. The van der Waals surface area contributed by atoms with E-state index in [1.807, 2.05) is 0 Å². The van der Waals surface area contributed by atoms with Crippen LogP contribution >= 0.6 is 0 Å². The molecule has 13 heavy (non-hydrogen) atoms. The Hall–Kier alpha value is -0.563. The molecule has 0 atom stereocenters. The van der Waals surface area contributed by atoms with Gasteiger partial charge in [0.25, 0.3) is 0 Å². The van der Waals surface area contributed by atoms with Gasteiger partial charge in [-0.15, -0.1) is 0 Å². The van der Waals surface area contributed by atoms with E-state index in [1.165, 1.54) is 30.9 Å². The zero-order valence-corrected chi connectivity index (χ0v) is 10.0. The number of unbranched alkanes of at least 4 members (excludes halogenated alkanes) is 1. The normalized spacial score (nSPS) is 11.2. The van der Waals surface area contributed by atoms with E-state index in [2.05, 4.69) is 37.3 Å². The summed E-state index contributed by atoms with van der Waals surface area (Å²) >= 11 is 0. The van der Waals surface area contributed by atoms with Gasteiger partial charge in [-0.2, -0.15) is 0 Å².